The summed E-state index contributed by atoms with van der Waals surface area (Å²) in [5, 5.41) is 10.3. The molecule has 2 N–H and O–H groups in total. The summed E-state index contributed by atoms with van der Waals surface area (Å²) >= 11 is 6.69. The van der Waals surface area contributed by atoms with Crippen molar-refractivity contribution < 1.29 is 23.0 Å². The predicted molar refractivity (Wildman–Crippen MR) is 89.0 cm³/mol. The van der Waals surface area contributed by atoms with Gasteiger partial charge in [0.2, 0.25) is 10.0 Å². The molecule has 0 radical (unpaired) electrons. The number of ether oxygens (including phenoxy) is 2. The van der Waals surface area contributed by atoms with Crippen LogP contribution >= 0.6 is 22.9 Å². The van der Waals surface area contributed by atoms with Crippen molar-refractivity contribution in [3.05, 3.63) is 40.2 Å². The van der Waals surface area contributed by atoms with E-state index in [0.717, 1.165) is 11.3 Å². The highest BCUT2D eigenvalue weighted by Gasteiger charge is 2.20. The molecule has 0 fully saturated rings. The molecule has 0 aliphatic heterocycles. The van der Waals surface area contributed by atoms with E-state index in [2.05, 4.69) is 4.72 Å². The quantitative estimate of drug-likeness (QED) is 0.774. The van der Waals surface area contributed by atoms with E-state index < -0.39 is 16.1 Å². The van der Waals surface area contributed by atoms with Gasteiger partial charge in [0.25, 0.3) is 0 Å². The molecule has 23 heavy (non-hydrogen) atoms. The lowest BCUT2D eigenvalue weighted by Gasteiger charge is -2.16. The topological polar surface area (TPSA) is 84.9 Å². The van der Waals surface area contributed by atoms with E-state index in [0.29, 0.717) is 21.4 Å². The Labute approximate surface area is 143 Å². The maximum Gasteiger partial charge on any atom is 0.250 e. The summed E-state index contributed by atoms with van der Waals surface area (Å²) in [7, 11) is -0.756. The van der Waals surface area contributed by atoms with Gasteiger partial charge in [0.05, 0.1) is 24.7 Å². The Morgan fingerprint density at radius 2 is 2.00 bits per heavy atom. The van der Waals surface area contributed by atoms with E-state index in [1.165, 1.54) is 26.4 Å². The monoisotopic (exact) mass is 377 g/mol. The van der Waals surface area contributed by atoms with Crippen molar-refractivity contribution in [3.63, 3.8) is 0 Å². The Balaban J connectivity index is 2.14. The lowest BCUT2D eigenvalue weighted by atomic mass is 10.1. The lowest BCUT2D eigenvalue weighted by Crippen LogP contribution is -2.28. The van der Waals surface area contributed by atoms with E-state index in [4.69, 9.17) is 21.1 Å². The highest BCUT2D eigenvalue weighted by molar-refractivity contribution is 7.91. The molecule has 0 spiro atoms. The molecule has 2 rings (SSSR count). The minimum Gasteiger partial charge on any atom is -0.497 e. The van der Waals surface area contributed by atoms with Gasteiger partial charge in [-0.3, -0.25) is 0 Å². The first-order valence-electron chi connectivity index (χ1n) is 6.52. The molecule has 0 aliphatic rings. The van der Waals surface area contributed by atoms with Crippen molar-refractivity contribution >= 4 is 33.0 Å². The number of hydrogen-bond donors (Lipinski definition) is 2. The molecule has 0 aliphatic carbocycles. The van der Waals surface area contributed by atoms with Gasteiger partial charge in [0, 0.05) is 12.1 Å². The predicted octanol–water partition coefficient (Wildman–Crippen LogP) is 2.43. The number of nitrogens with one attached hydrogen (secondary N) is 1. The molecule has 0 bridgehead atoms. The normalized spacial score (nSPS) is 12.9. The number of aliphatic hydroxyl groups excluding tert-OH is 1. The van der Waals surface area contributed by atoms with Crippen LogP contribution in [0.2, 0.25) is 4.34 Å². The second kappa shape index (κ2) is 7.50. The smallest absolute Gasteiger partial charge is 0.250 e. The van der Waals surface area contributed by atoms with E-state index >= 15 is 0 Å². The van der Waals surface area contributed by atoms with Crippen LogP contribution in [-0.2, 0) is 10.0 Å². The minimum atomic E-state index is -3.73. The molecule has 1 unspecified atom stereocenters. The van der Waals surface area contributed by atoms with Crippen molar-refractivity contribution in [1.82, 2.24) is 4.72 Å². The molecule has 0 amide bonds. The molecule has 1 atom stereocenters. The summed E-state index contributed by atoms with van der Waals surface area (Å²) < 4.78 is 37.4. The van der Waals surface area contributed by atoms with Crippen molar-refractivity contribution in [3.8, 4) is 11.5 Å². The fraction of sp³-hybridized carbons (Fsp3) is 0.286. The van der Waals surface area contributed by atoms with Gasteiger partial charge in [-0.25, -0.2) is 13.1 Å². The maximum absolute atomic E-state index is 12.1. The fourth-order valence-electron chi connectivity index (χ4n) is 1.91. The standard InChI is InChI=1S/C14H16ClNO5S2/c1-20-9-3-4-12(21-2)10(7-9)11(17)8-16-23(18,19)14-6-5-13(15)22-14/h3-7,11,16-17H,8H2,1-2H3. The molecule has 2 aromatic rings. The second-order valence-corrected chi connectivity index (χ2v) is 8.24. The number of methoxy groups -OCH3 is 2. The van der Waals surface area contributed by atoms with E-state index in [1.807, 2.05) is 0 Å². The van der Waals surface area contributed by atoms with Crippen LogP contribution in [-0.4, -0.2) is 34.3 Å². The average Bonchev–Trinajstić information content (AvgIpc) is 2.99. The molecule has 0 saturated carbocycles. The van der Waals surface area contributed by atoms with Crippen LogP contribution in [0.4, 0.5) is 0 Å². The number of sulfonamides is 1. The Bertz CT molecular complexity index is 775. The number of halogens is 1. The van der Waals surface area contributed by atoms with Crippen molar-refractivity contribution in [2.45, 2.75) is 10.3 Å². The average molecular weight is 378 g/mol. The molecule has 6 nitrogen and oxygen atoms in total. The summed E-state index contributed by atoms with van der Waals surface area (Å²) in [4.78, 5) is 0. The van der Waals surface area contributed by atoms with Crippen molar-refractivity contribution in [1.29, 1.82) is 0 Å². The first kappa shape index (κ1) is 18.0. The van der Waals surface area contributed by atoms with Gasteiger partial charge in [-0.15, -0.1) is 11.3 Å². The van der Waals surface area contributed by atoms with Crippen molar-refractivity contribution in [2.75, 3.05) is 20.8 Å². The Kier molecular flexibility index (Phi) is 5.88. The summed E-state index contributed by atoms with van der Waals surface area (Å²) in [5.41, 5.74) is 0.429. The highest BCUT2D eigenvalue weighted by atomic mass is 35.5. The van der Waals surface area contributed by atoms with Gasteiger partial charge < -0.3 is 14.6 Å². The maximum atomic E-state index is 12.1. The molecule has 1 aromatic carbocycles. The third-order valence-electron chi connectivity index (χ3n) is 3.08. The Morgan fingerprint density at radius 3 is 2.57 bits per heavy atom. The summed E-state index contributed by atoms with van der Waals surface area (Å²) in [6, 6.07) is 7.84. The van der Waals surface area contributed by atoms with Gasteiger partial charge in [-0.2, -0.15) is 0 Å². The number of rotatable bonds is 7. The Morgan fingerprint density at radius 1 is 1.26 bits per heavy atom. The molecule has 9 heteroatoms. The highest BCUT2D eigenvalue weighted by Crippen LogP contribution is 2.30. The first-order chi connectivity index (χ1) is 10.9. The zero-order chi connectivity index (χ0) is 17.0. The number of aliphatic hydroxyl groups is 1. The van der Waals surface area contributed by atoms with Gasteiger partial charge >= 0.3 is 0 Å². The Hall–Kier alpha value is -1.32. The van der Waals surface area contributed by atoms with E-state index in [1.54, 1.807) is 18.2 Å². The number of thiophene rings is 1. The molecule has 0 saturated heterocycles. The SMILES string of the molecule is COc1ccc(OC)c(C(O)CNS(=O)(=O)c2ccc(Cl)s2)c1. The van der Waals surface area contributed by atoms with Gasteiger partial charge in [0.1, 0.15) is 15.7 Å². The lowest BCUT2D eigenvalue weighted by molar-refractivity contribution is 0.177. The van der Waals surface area contributed by atoms with Crippen LogP contribution in [0.25, 0.3) is 0 Å². The number of benzene rings is 1. The third kappa shape index (κ3) is 4.36. The zero-order valence-corrected chi connectivity index (χ0v) is 14.8. The largest absolute Gasteiger partial charge is 0.497 e. The van der Waals surface area contributed by atoms with E-state index in [9.17, 15) is 13.5 Å². The second-order valence-electron chi connectivity index (χ2n) is 4.53. The van der Waals surface area contributed by atoms with Crippen LogP contribution < -0.4 is 14.2 Å². The third-order valence-corrected chi connectivity index (χ3v) is 6.22. The van der Waals surface area contributed by atoms with Gasteiger partial charge in [-0.1, -0.05) is 11.6 Å². The summed E-state index contributed by atoms with van der Waals surface area (Å²) in [5.74, 6) is 0.976. The molecule has 126 valence electrons. The molecule has 1 aromatic heterocycles. The van der Waals surface area contributed by atoms with Crippen LogP contribution in [0.3, 0.4) is 0 Å². The fourth-order valence-corrected chi connectivity index (χ4v) is 4.48. The summed E-state index contributed by atoms with van der Waals surface area (Å²) in [6.45, 7) is -0.207. The van der Waals surface area contributed by atoms with E-state index in [-0.39, 0.29) is 10.8 Å². The number of hydrogen-bond acceptors (Lipinski definition) is 6. The van der Waals surface area contributed by atoms with Crippen molar-refractivity contribution in [2.24, 2.45) is 0 Å². The zero-order valence-electron chi connectivity index (χ0n) is 12.4. The van der Waals surface area contributed by atoms with Crippen LogP contribution in [0, 0.1) is 0 Å². The molecular formula is C14H16ClNO5S2. The molecule has 1 heterocycles. The van der Waals surface area contributed by atoms with Crippen LogP contribution in [0.15, 0.2) is 34.5 Å². The summed E-state index contributed by atoms with van der Waals surface area (Å²) in [6.07, 6.45) is -1.09. The minimum absolute atomic E-state index is 0.0901. The van der Waals surface area contributed by atoms with Gasteiger partial charge in [0.15, 0.2) is 0 Å². The van der Waals surface area contributed by atoms with Crippen LogP contribution in [0.1, 0.15) is 11.7 Å². The first-order valence-corrected chi connectivity index (χ1v) is 9.20. The molecular weight excluding hydrogens is 362 g/mol. The van der Waals surface area contributed by atoms with Crippen LogP contribution in [0.5, 0.6) is 11.5 Å². The van der Waals surface area contributed by atoms with Gasteiger partial charge in [-0.05, 0) is 30.3 Å².